The Hall–Kier alpha value is -1.24. The van der Waals surface area contributed by atoms with Crippen LogP contribution in [0.1, 0.15) is 18.2 Å². The fourth-order valence-corrected chi connectivity index (χ4v) is 2.64. The number of hydrogen-bond donors (Lipinski definition) is 1. The molecule has 1 aromatic heterocycles. The number of ether oxygens (including phenoxy) is 1. The van der Waals surface area contributed by atoms with Crippen molar-refractivity contribution < 1.29 is 9.53 Å². The third-order valence-corrected chi connectivity index (χ3v) is 3.77. The molecule has 7 heteroatoms. The van der Waals surface area contributed by atoms with Crippen molar-refractivity contribution in [1.82, 2.24) is 20.2 Å². The van der Waals surface area contributed by atoms with Crippen LogP contribution in [0.2, 0.25) is 0 Å². The molecule has 0 aliphatic carbocycles. The van der Waals surface area contributed by atoms with Crippen LogP contribution in [0.15, 0.2) is 12.5 Å². The first-order valence-electron chi connectivity index (χ1n) is 6.67. The summed E-state index contributed by atoms with van der Waals surface area (Å²) in [6.07, 6.45) is 4.13. The standard InChI is InChI=1S/C13H18N4O2.ClH/c1-9-12(15-3-5-19-9)13(18)17-4-2-10-6-14-8-16-11(10)7-17;/h6,8-9,12,15H,2-5,7H2,1H3;1H/t9-,12+;/m1./s1. The van der Waals surface area contributed by atoms with E-state index < -0.39 is 0 Å². The largest absolute Gasteiger partial charge is 0.375 e. The van der Waals surface area contributed by atoms with Crippen LogP contribution in [0.3, 0.4) is 0 Å². The van der Waals surface area contributed by atoms with Gasteiger partial charge in [-0.2, -0.15) is 0 Å². The highest BCUT2D eigenvalue weighted by molar-refractivity contribution is 5.85. The predicted octanol–water partition coefficient (Wildman–Crippen LogP) is 0.160. The van der Waals surface area contributed by atoms with Gasteiger partial charge in [0.25, 0.3) is 0 Å². The van der Waals surface area contributed by atoms with Crippen LogP contribution in [0, 0.1) is 0 Å². The number of carbonyl (C=O) groups excluding carboxylic acids is 1. The van der Waals surface area contributed by atoms with E-state index in [1.54, 1.807) is 0 Å². The van der Waals surface area contributed by atoms with Gasteiger partial charge in [-0.1, -0.05) is 0 Å². The maximum atomic E-state index is 12.5. The molecular weight excluding hydrogens is 280 g/mol. The number of halogens is 1. The molecule has 0 aromatic carbocycles. The second-order valence-corrected chi connectivity index (χ2v) is 5.01. The molecule has 1 saturated heterocycles. The van der Waals surface area contributed by atoms with E-state index in [-0.39, 0.29) is 30.5 Å². The second-order valence-electron chi connectivity index (χ2n) is 5.01. The Kier molecular flexibility index (Phi) is 4.91. The maximum Gasteiger partial charge on any atom is 0.242 e. The molecule has 3 heterocycles. The summed E-state index contributed by atoms with van der Waals surface area (Å²) in [7, 11) is 0. The Labute approximate surface area is 124 Å². The molecular formula is C13H19ClN4O2. The number of fused-ring (bicyclic) bond motifs is 1. The quantitative estimate of drug-likeness (QED) is 0.800. The molecule has 110 valence electrons. The van der Waals surface area contributed by atoms with Crippen LogP contribution >= 0.6 is 12.4 Å². The van der Waals surface area contributed by atoms with Gasteiger partial charge >= 0.3 is 0 Å². The van der Waals surface area contributed by atoms with Crippen molar-refractivity contribution >= 4 is 18.3 Å². The van der Waals surface area contributed by atoms with E-state index in [4.69, 9.17) is 4.74 Å². The van der Waals surface area contributed by atoms with Gasteiger partial charge in [0.1, 0.15) is 12.4 Å². The molecule has 2 aliphatic rings. The van der Waals surface area contributed by atoms with Crippen LogP contribution in [0.25, 0.3) is 0 Å². The summed E-state index contributed by atoms with van der Waals surface area (Å²) in [5, 5.41) is 3.24. The second kappa shape index (κ2) is 6.47. The summed E-state index contributed by atoms with van der Waals surface area (Å²) in [5.74, 6) is 0.108. The van der Waals surface area contributed by atoms with Gasteiger partial charge in [-0.05, 0) is 18.9 Å². The van der Waals surface area contributed by atoms with E-state index in [0.29, 0.717) is 13.2 Å². The Balaban J connectivity index is 0.00000147. The zero-order valence-corrected chi connectivity index (χ0v) is 12.2. The lowest BCUT2D eigenvalue weighted by molar-refractivity contribution is -0.140. The Morgan fingerprint density at radius 1 is 1.55 bits per heavy atom. The van der Waals surface area contributed by atoms with Gasteiger partial charge in [0.05, 0.1) is 24.9 Å². The highest BCUT2D eigenvalue weighted by Gasteiger charge is 2.33. The average Bonchev–Trinajstić information content (AvgIpc) is 2.46. The molecule has 3 rings (SSSR count). The fourth-order valence-electron chi connectivity index (χ4n) is 2.64. The molecule has 0 unspecified atom stereocenters. The normalized spacial score (nSPS) is 25.6. The number of nitrogens with zero attached hydrogens (tertiary/aromatic N) is 3. The fraction of sp³-hybridized carbons (Fsp3) is 0.615. The van der Waals surface area contributed by atoms with Crippen molar-refractivity contribution in [3.05, 3.63) is 23.8 Å². The van der Waals surface area contributed by atoms with Crippen molar-refractivity contribution in [2.45, 2.75) is 32.0 Å². The molecule has 1 N–H and O–H groups in total. The monoisotopic (exact) mass is 298 g/mol. The van der Waals surface area contributed by atoms with Crippen molar-refractivity contribution in [3.8, 4) is 0 Å². The molecule has 1 fully saturated rings. The first-order chi connectivity index (χ1) is 9.25. The number of nitrogens with one attached hydrogen (secondary N) is 1. The minimum Gasteiger partial charge on any atom is -0.375 e. The van der Waals surface area contributed by atoms with E-state index >= 15 is 0 Å². The Bertz CT molecular complexity index is 485. The lowest BCUT2D eigenvalue weighted by Crippen LogP contribution is -2.57. The molecule has 0 spiro atoms. The summed E-state index contributed by atoms with van der Waals surface area (Å²) < 4.78 is 5.54. The summed E-state index contributed by atoms with van der Waals surface area (Å²) in [5.41, 5.74) is 2.10. The summed E-state index contributed by atoms with van der Waals surface area (Å²) >= 11 is 0. The number of hydrogen-bond acceptors (Lipinski definition) is 5. The van der Waals surface area contributed by atoms with Gasteiger partial charge in [0.2, 0.25) is 5.91 Å². The van der Waals surface area contributed by atoms with E-state index in [9.17, 15) is 4.79 Å². The van der Waals surface area contributed by atoms with Crippen LogP contribution < -0.4 is 5.32 Å². The summed E-state index contributed by atoms with van der Waals surface area (Å²) in [4.78, 5) is 22.7. The highest BCUT2D eigenvalue weighted by Crippen LogP contribution is 2.17. The number of aromatic nitrogens is 2. The zero-order chi connectivity index (χ0) is 13.2. The molecule has 1 amide bonds. The third kappa shape index (κ3) is 2.92. The van der Waals surface area contributed by atoms with Crippen LogP contribution in [-0.2, 0) is 22.5 Å². The van der Waals surface area contributed by atoms with Gasteiger partial charge < -0.3 is 15.0 Å². The zero-order valence-electron chi connectivity index (χ0n) is 11.4. The first-order valence-corrected chi connectivity index (χ1v) is 6.67. The molecule has 0 bridgehead atoms. The number of rotatable bonds is 1. The lowest BCUT2D eigenvalue weighted by Gasteiger charge is -2.35. The van der Waals surface area contributed by atoms with Gasteiger partial charge in [0, 0.05) is 19.3 Å². The Morgan fingerprint density at radius 2 is 2.40 bits per heavy atom. The van der Waals surface area contributed by atoms with Gasteiger partial charge in [0.15, 0.2) is 0 Å². The average molecular weight is 299 g/mol. The van der Waals surface area contributed by atoms with Crippen LogP contribution in [0.5, 0.6) is 0 Å². The summed E-state index contributed by atoms with van der Waals surface area (Å²) in [6.45, 7) is 4.63. The molecule has 0 saturated carbocycles. The SMILES string of the molecule is C[C@H]1OCCN[C@@H]1C(=O)N1CCc2cncnc2C1.Cl. The minimum atomic E-state index is -0.239. The molecule has 2 aliphatic heterocycles. The van der Waals surface area contributed by atoms with Gasteiger partial charge in [-0.3, -0.25) is 4.79 Å². The lowest BCUT2D eigenvalue weighted by atomic mass is 10.0. The minimum absolute atomic E-state index is 0. The third-order valence-electron chi connectivity index (χ3n) is 3.77. The van der Waals surface area contributed by atoms with Crippen LogP contribution in [0.4, 0.5) is 0 Å². The van der Waals surface area contributed by atoms with Gasteiger partial charge in [-0.15, -0.1) is 12.4 Å². The molecule has 1 aromatic rings. The van der Waals surface area contributed by atoms with Crippen molar-refractivity contribution in [1.29, 1.82) is 0 Å². The topological polar surface area (TPSA) is 67.3 Å². The smallest absolute Gasteiger partial charge is 0.242 e. The van der Waals surface area contributed by atoms with E-state index in [0.717, 1.165) is 30.8 Å². The van der Waals surface area contributed by atoms with Crippen molar-refractivity contribution in [2.24, 2.45) is 0 Å². The Morgan fingerprint density at radius 3 is 3.20 bits per heavy atom. The predicted molar refractivity (Wildman–Crippen MR) is 75.6 cm³/mol. The van der Waals surface area contributed by atoms with Gasteiger partial charge in [-0.25, -0.2) is 9.97 Å². The van der Waals surface area contributed by atoms with Crippen molar-refractivity contribution in [3.63, 3.8) is 0 Å². The molecule has 0 radical (unpaired) electrons. The van der Waals surface area contributed by atoms with E-state index in [1.807, 2.05) is 18.0 Å². The number of morpholine rings is 1. The number of carbonyl (C=O) groups is 1. The maximum absolute atomic E-state index is 12.5. The van der Waals surface area contributed by atoms with E-state index in [1.165, 1.54) is 6.33 Å². The molecule has 20 heavy (non-hydrogen) atoms. The molecule has 6 nitrogen and oxygen atoms in total. The number of amides is 1. The molecule has 2 atom stereocenters. The first kappa shape index (κ1) is 15.2. The van der Waals surface area contributed by atoms with Crippen LogP contribution in [-0.4, -0.2) is 52.6 Å². The van der Waals surface area contributed by atoms with Crippen molar-refractivity contribution in [2.75, 3.05) is 19.7 Å². The highest BCUT2D eigenvalue weighted by atomic mass is 35.5. The summed E-state index contributed by atoms with van der Waals surface area (Å²) in [6, 6.07) is -0.239. The van der Waals surface area contributed by atoms with E-state index in [2.05, 4.69) is 15.3 Å².